The lowest BCUT2D eigenvalue weighted by Gasteiger charge is -2.08. The first-order valence-electron chi connectivity index (χ1n) is 10.4. The minimum Gasteiger partial charge on any atom is -0.454 e. The van der Waals surface area contributed by atoms with E-state index in [2.05, 4.69) is 16.3 Å². The molecule has 8 nitrogen and oxygen atoms in total. The van der Waals surface area contributed by atoms with Gasteiger partial charge in [-0.2, -0.15) is 4.99 Å². The number of hydrogen-bond acceptors (Lipinski definition) is 6. The Hall–Kier alpha value is -3.60. The van der Waals surface area contributed by atoms with E-state index >= 15 is 0 Å². The fraction of sp³-hybridized carbons (Fsp3) is 0.0833. The van der Waals surface area contributed by atoms with Crippen LogP contribution in [0.25, 0.3) is 10.2 Å². The Bertz CT molecular complexity index is 1620. The van der Waals surface area contributed by atoms with E-state index < -0.39 is 15.9 Å². The topological polar surface area (TPSA) is 99.0 Å². The van der Waals surface area contributed by atoms with Crippen molar-refractivity contribution in [1.29, 1.82) is 0 Å². The normalized spacial score (nSPS) is 13.2. The van der Waals surface area contributed by atoms with Gasteiger partial charge in [0.15, 0.2) is 16.3 Å². The van der Waals surface area contributed by atoms with E-state index in [9.17, 15) is 13.2 Å². The molecule has 5 rings (SSSR count). The Morgan fingerprint density at radius 1 is 1.11 bits per heavy atom. The summed E-state index contributed by atoms with van der Waals surface area (Å²) in [7, 11) is -3.79. The standard InChI is InChI=1S/C24H18ClN3O5S2/c1-2-11-28-19-12-20-21(33-14-32-20)13-22(19)34-24(28)26-23(29)15-3-7-17(8-4-15)27-35(30,31)18-9-5-16(25)6-10-18/h2-10,12-13,27H,1,11,14H2. The molecule has 11 heteroatoms. The van der Waals surface area contributed by atoms with Crippen LogP contribution in [-0.4, -0.2) is 25.7 Å². The fourth-order valence-corrected chi connectivity index (χ4v) is 5.74. The van der Waals surface area contributed by atoms with Gasteiger partial charge in [0.2, 0.25) is 6.79 Å². The molecule has 0 aliphatic carbocycles. The first-order valence-corrected chi connectivity index (χ1v) is 13.0. The van der Waals surface area contributed by atoms with Crippen molar-refractivity contribution in [3.8, 4) is 11.5 Å². The number of sulfonamides is 1. The summed E-state index contributed by atoms with van der Waals surface area (Å²) in [6, 6.07) is 15.6. The number of anilines is 1. The third-order valence-electron chi connectivity index (χ3n) is 5.19. The summed E-state index contributed by atoms with van der Waals surface area (Å²) in [6.45, 7) is 4.43. The predicted octanol–water partition coefficient (Wildman–Crippen LogP) is 4.81. The molecule has 0 bridgehead atoms. The highest BCUT2D eigenvalue weighted by molar-refractivity contribution is 7.92. The van der Waals surface area contributed by atoms with Gasteiger partial charge in [0.25, 0.3) is 15.9 Å². The Morgan fingerprint density at radius 2 is 1.80 bits per heavy atom. The van der Waals surface area contributed by atoms with E-state index in [1.165, 1.54) is 59.9 Å². The van der Waals surface area contributed by atoms with E-state index in [-0.39, 0.29) is 11.7 Å². The number of ether oxygens (including phenoxy) is 2. The van der Waals surface area contributed by atoms with Crippen molar-refractivity contribution < 1.29 is 22.7 Å². The van der Waals surface area contributed by atoms with E-state index in [1.54, 1.807) is 6.08 Å². The number of allylic oxidation sites excluding steroid dienone is 1. The molecule has 1 aliphatic heterocycles. The van der Waals surface area contributed by atoms with E-state index in [4.69, 9.17) is 21.1 Å². The van der Waals surface area contributed by atoms with Crippen LogP contribution in [0.15, 0.2) is 83.2 Å². The van der Waals surface area contributed by atoms with Gasteiger partial charge in [-0.3, -0.25) is 9.52 Å². The molecule has 0 saturated carbocycles. The van der Waals surface area contributed by atoms with Crippen LogP contribution in [0.4, 0.5) is 5.69 Å². The van der Waals surface area contributed by atoms with Gasteiger partial charge in [0.1, 0.15) is 0 Å². The van der Waals surface area contributed by atoms with Crippen molar-refractivity contribution in [2.45, 2.75) is 11.4 Å². The molecule has 0 fully saturated rings. The SMILES string of the molecule is C=CCn1c(=NC(=O)c2ccc(NS(=O)(=O)c3ccc(Cl)cc3)cc2)sc2cc3c(cc21)OCO3. The van der Waals surface area contributed by atoms with Crippen molar-refractivity contribution in [2.75, 3.05) is 11.5 Å². The predicted molar refractivity (Wildman–Crippen MR) is 135 cm³/mol. The smallest absolute Gasteiger partial charge is 0.279 e. The number of aromatic nitrogens is 1. The maximum atomic E-state index is 12.9. The molecule has 0 atom stereocenters. The summed E-state index contributed by atoms with van der Waals surface area (Å²) in [5.74, 6) is 0.836. The van der Waals surface area contributed by atoms with Gasteiger partial charge in [-0.1, -0.05) is 29.0 Å². The number of nitrogens with one attached hydrogen (secondary N) is 1. The summed E-state index contributed by atoms with van der Waals surface area (Å²) in [5.41, 5.74) is 1.49. The van der Waals surface area contributed by atoms with Crippen molar-refractivity contribution in [3.63, 3.8) is 0 Å². The third-order valence-corrected chi connectivity index (χ3v) is 7.88. The van der Waals surface area contributed by atoms with Crippen LogP contribution in [-0.2, 0) is 16.6 Å². The summed E-state index contributed by atoms with van der Waals surface area (Å²) in [4.78, 5) is 17.8. The van der Waals surface area contributed by atoms with Crippen molar-refractivity contribution in [1.82, 2.24) is 4.57 Å². The molecule has 1 aliphatic rings. The van der Waals surface area contributed by atoms with Crippen molar-refractivity contribution >= 4 is 54.8 Å². The number of hydrogen-bond donors (Lipinski definition) is 1. The second kappa shape index (κ2) is 9.21. The molecule has 1 amide bonds. The highest BCUT2D eigenvalue weighted by Gasteiger charge is 2.18. The van der Waals surface area contributed by atoms with E-state index in [0.29, 0.717) is 39.1 Å². The number of amides is 1. The van der Waals surface area contributed by atoms with Crippen LogP contribution in [0.1, 0.15) is 10.4 Å². The number of rotatable bonds is 6. The number of carbonyl (C=O) groups is 1. The maximum absolute atomic E-state index is 12.9. The minimum absolute atomic E-state index is 0.0790. The number of fused-ring (bicyclic) bond motifs is 2. The molecule has 3 aromatic carbocycles. The molecule has 1 aromatic heterocycles. The average molecular weight is 528 g/mol. The lowest BCUT2D eigenvalue weighted by molar-refractivity contribution is 0.0998. The molecular weight excluding hydrogens is 510 g/mol. The second-order valence-corrected chi connectivity index (χ2v) is 10.6. The first-order chi connectivity index (χ1) is 16.8. The van der Waals surface area contributed by atoms with E-state index in [1.807, 2.05) is 16.7 Å². The Labute approximate surface area is 209 Å². The lowest BCUT2D eigenvalue weighted by atomic mass is 10.2. The number of thiazole rings is 1. The van der Waals surface area contributed by atoms with Crippen LogP contribution >= 0.6 is 22.9 Å². The minimum atomic E-state index is -3.79. The van der Waals surface area contributed by atoms with Crippen LogP contribution in [0, 0.1) is 0 Å². The molecule has 0 spiro atoms. The van der Waals surface area contributed by atoms with Crippen LogP contribution in [0.2, 0.25) is 5.02 Å². The zero-order valence-corrected chi connectivity index (χ0v) is 20.5. The monoisotopic (exact) mass is 527 g/mol. The maximum Gasteiger partial charge on any atom is 0.279 e. The molecule has 0 radical (unpaired) electrons. The van der Waals surface area contributed by atoms with Gasteiger partial charge < -0.3 is 14.0 Å². The van der Waals surface area contributed by atoms with E-state index in [0.717, 1.165) is 10.2 Å². The number of halogens is 1. The Kier molecular flexibility index (Phi) is 6.10. The molecule has 178 valence electrons. The summed E-state index contributed by atoms with van der Waals surface area (Å²) >= 11 is 7.18. The molecule has 35 heavy (non-hydrogen) atoms. The zero-order valence-electron chi connectivity index (χ0n) is 18.1. The van der Waals surface area contributed by atoms with Gasteiger partial charge in [0, 0.05) is 35.0 Å². The summed E-state index contributed by atoms with van der Waals surface area (Å²) in [6.07, 6.45) is 1.72. The lowest BCUT2D eigenvalue weighted by Crippen LogP contribution is -2.16. The fourth-order valence-electron chi connectivity index (χ4n) is 3.51. The number of carbonyl (C=O) groups excluding carboxylic acids is 1. The molecular formula is C24H18ClN3O5S2. The molecule has 0 saturated heterocycles. The van der Waals surface area contributed by atoms with Gasteiger partial charge in [-0.15, -0.1) is 6.58 Å². The molecule has 1 N–H and O–H groups in total. The molecule has 0 unspecified atom stereocenters. The Morgan fingerprint density at radius 3 is 2.49 bits per heavy atom. The molecule has 2 heterocycles. The summed E-state index contributed by atoms with van der Waals surface area (Å²) < 4.78 is 41.3. The average Bonchev–Trinajstić information content (AvgIpc) is 3.42. The third kappa shape index (κ3) is 4.68. The number of nitrogens with zero attached hydrogens (tertiary/aromatic N) is 2. The first kappa shape index (κ1) is 23.2. The van der Waals surface area contributed by atoms with Gasteiger partial charge in [-0.05, 0) is 48.5 Å². The van der Waals surface area contributed by atoms with Gasteiger partial charge in [0.05, 0.1) is 15.1 Å². The summed E-state index contributed by atoms with van der Waals surface area (Å²) in [5, 5.41) is 0.439. The van der Waals surface area contributed by atoms with Crippen LogP contribution < -0.4 is 19.0 Å². The number of benzene rings is 3. The zero-order chi connectivity index (χ0) is 24.6. The Balaban J connectivity index is 1.42. The molecule has 4 aromatic rings. The van der Waals surface area contributed by atoms with Crippen LogP contribution in [0.3, 0.4) is 0 Å². The van der Waals surface area contributed by atoms with Crippen LogP contribution in [0.5, 0.6) is 11.5 Å². The highest BCUT2D eigenvalue weighted by atomic mass is 35.5. The highest BCUT2D eigenvalue weighted by Crippen LogP contribution is 2.37. The van der Waals surface area contributed by atoms with Gasteiger partial charge >= 0.3 is 0 Å². The van der Waals surface area contributed by atoms with Crippen molar-refractivity contribution in [3.05, 3.63) is 88.7 Å². The second-order valence-electron chi connectivity index (χ2n) is 7.51. The van der Waals surface area contributed by atoms with Crippen molar-refractivity contribution in [2.24, 2.45) is 4.99 Å². The van der Waals surface area contributed by atoms with Gasteiger partial charge in [-0.25, -0.2) is 8.42 Å². The quantitative estimate of drug-likeness (QED) is 0.363. The largest absolute Gasteiger partial charge is 0.454 e.